The Kier molecular flexibility index (Phi) is 5.92. The molecular weight excluding hydrogens is 356 g/mol. The molecule has 0 bridgehead atoms. The van der Waals surface area contributed by atoms with Crippen molar-refractivity contribution in [3.8, 4) is 0 Å². The molecule has 1 aromatic rings. The minimum atomic E-state index is -1.12. The van der Waals surface area contributed by atoms with Crippen LogP contribution in [0.3, 0.4) is 0 Å². The molecule has 1 aromatic heterocycles. The van der Waals surface area contributed by atoms with E-state index < -0.39 is 17.7 Å². The number of hydrogen-bond donors (Lipinski definition) is 3. The number of urea groups is 1. The first kappa shape index (κ1) is 20.2. The molecule has 0 radical (unpaired) electrons. The number of nitrogens with zero attached hydrogens (tertiary/aromatic N) is 1. The van der Waals surface area contributed by atoms with Crippen molar-refractivity contribution in [3.63, 3.8) is 0 Å². The average molecular weight is 382 g/mol. The zero-order valence-electron chi connectivity index (χ0n) is 15.3. The van der Waals surface area contributed by atoms with Crippen molar-refractivity contribution >= 4 is 35.1 Å². The number of hydrogen-bond acceptors (Lipinski definition) is 5. The fraction of sp³-hybridized carbons (Fsp3) is 0.588. The molecule has 144 valence electrons. The van der Waals surface area contributed by atoms with Crippen LogP contribution in [-0.4, -0.2) is 47.2 Å². The Bertz CT molecular complexity index is 697. The van der Waals surface area contributed by atoms with Crippen molar-refractivity contribution in [2.24, 2.45) is 5.73 Å². The first-order valence-corrected chi connectivity index (χ1v) is 9.48. The summed E-state index contributed by atoms with van der Waals surface area (Å²) in [6.07, 6.45) is 1.15. The lowest BCUT2D eigenvalue weighted by Gasteiger charge is -2.48. The number of carbonyl (C=O) groups excluding carboxylic acids is 3. The summed E-state index contributed by atoms with van der Waals surface area (Å²) >= 11 is 1.19. The summed E-state index contributed by atoms with van der Waals surface area (Å²) in [6, 6.07) is 0.562. The first-order valence-electron chi connectivity index (χ1n) is 8.60. The Balaban J connectivity index is 2.20. The summed E-state index contributed by atoms with van der Waals surface area (Å²) < 4.78 is -0.200. The van der Waals surface area contributed by atoms with Crippen molar-refractivity contribution in [2.45, 2.75) is 51.6 Å². The average Bonchev–Trinajstić information content (AvgIpc) is 2.83. The van der Waals surface area contributed by atoms with Crippen LogP contribution in [0.2, 0.25) is 0 Å². The number of nitrogens with one attached hydrogen (secondary N) is 2. The van der Waals surface area contributed by atoms with Gasteiger partial charge in [0.2, 0.25) is 0 Å². The Morgan fingerprint density at radius 1 is 1.31 bits per heavy atom. The van der Waals surface area contributed by atoms with Gasteiger partial charge in [-0.3, -0.25) is 9.28 Å². The highest BCUT2D eigenvalue weighted by Gasteiger charge is 2.45. The SMILES string of the molecule is CC(C)(C)[N+]1(C(=O)[O-])CCCC[C@H](NC(=O)c2sccc2NC(N)=O)C1. The number of anilines is 1. The normalized spacial score (nSPS) is 23.7. The molecule has 0 spiro atoms. The molecular formula is C17H26N4O4S. The molecule has 1 saturated heterocycles. The Labute approximate surface area is 156 Å². The van der Waals surface area contributed by atoms with Crippen molar-refractivity contribution in [1.29, 1.82) is 0 Å². The lowest BCUT2D eigenvalue weighted by molar-refractivity contribution is -0.919. The fourth-order valence-corrected chi connectivity index (χ4v) is 4.22. The van der Waals surface area contributed by atoms with Gasteiger partial charge in [-0.2, -0.15) is 0 Å². The largest absolute Gasteiger partial charge is 0.498 e. The molecule has 2 heterocycles. The van der Waals surface area contributed by atoms with Crippen molar-refractivity contribution < 1.29 is 24.0 Å². The second kappa shape index (κ2) is 7.63. The summed E-state index contributed by atoms with van der Waals surface area (Å²) in [5.74, 6) is -0.346. The molecule has 0 aliphatic carbocycles. The van der Waals surface area contributed by atoms with E-state index in [0.29, 0.717) is 23.5 Å². The lowest BCUT2D eigenvalue weighted by Crippen LogP contribution is -2.70. The van der Waals surface area contributed by atoms with Crippen LogP contribution in [-0.2, 0) is 0 Å². The van der Waals surface area contributed by atoms with Crippen LogP contribution >= 0.6 is 11.3 Å². The molecule has 4 amide bonds. The van der Waals surface area contributed by atoms with E-state index in [1.165, 1.54) is 11.3 Å². The van der Waals surface area contributed by atoms with Crippen molar-refractivity contribution in [3.05, 3.63) is 16.3 Å². The predicted molar refractivity (Wildman–Crippen MR) is 97.8 cm³/mol. The van der Waals surface area contributed by atoms with E-state index in [2.05, 4.69) is 10.6 Å². The van der Waals surface area contributed by atoms with E-state index in [1.54, 1.807) is 11.4 Å². The molecule has 4 N–H and O–H groups in total. The Morgan fingerprint density at radius 3 is 2.58 bits per heavy atom. The van der Waals surface area contributed by atoms with Gasteiger partial charge in [0, 0.05) is 0 Å². The number of amides is 4. The summed E-state index contributed by atoms with van der Waals surface area (Å²) in [5, 5.41) is 19.0. The minimum absolute atomic E-state index is 0.200. The number of quaternary nitrogens is 1. The number of thiophene rings is 1. The summed E-state index contributed by atoms with van der Waals surface area (Å²) in [4.78, 5) is 36.1. The maximum absolute atomic E-state index is 12.7. The zero-order chi connectivity index (χ0) is 19.5. The third kappa shape index (κ3) is 4.16. The van der Waals surface area contributed by atoms with Gasteiger partial charge in [0.15, 0.2) is 0 Å². The molecule has 8 nitrogen and oxygen atoms in total. The van der Waals surface area contributed by atoms with E-state index in [-0.39, 0.29) is 23.0 Å². The van der Waals surface area contributed by atoms with Crippen LogP contribution in [0.5, 0.6) is 0 Å². The standard InChI is InChI=1S/C17H26N4O4S/c1-17(2,3)21(16(24)25)8-5-4-6-11(10-21)19-14(22)13-12(7-9-26-13)20-15(18)23/h7,9,11H,4-6,8,10H2,1-3H3,(H4-,18,19,20,22,23,24,25)/t11-,21?/m0/s1. The molecule has 1 aliphatic rings. The highest BCUT2D eigenvalue weighted by Crippen LogP contribution is 2.30. The lowest BCUT2D eigenvalue weighted by atomic mass is 10.0. The highest BCUT2D eigenvalue weighted by molar-refractivity contribution is 7.12. The molecule has 1 unspecified atom stereocenters. The number of carbonyl (C=O) groups is 3. The molecule has 2 atom stereocenters. The van der Waals surface area contributed by atoms with E-state index in [4.69, 9.17) is 5.73 Å². The van der Waals surface area contributed by atoms with Crippen LogP contribution < -0.4 is 21.5 Å². The molecule has 0 saturated carbocycles. The Hall–Kier alpha value is -2.13. The van der Waals surface area contributed by atoms with Gasteiger partial charge in [-0.1, -0.05) is 0 Å². The van der Waals surface area contributed by atoms with Gasteiger partial charge in [0.25, 0.3) is 12.0 Å². The van der Waals surface area contributed by atoms with Gasteiger partial charge in [-0.15, -0.1) is 11.3 Å². The van der Waals surface area contributed by atoms with Gasteiger partial charge < -0.3 is 26.3 Å². The van der Waals surface area contributed by atoms with Gasteiger partial charge in [-0.25, -0.2) is 4.79 Å². The monoisotopic (exact) mass is 382 g/mol. The quantitative estimate of drug-likeness (QED) is 0.685. The van der Waals surface area contributed by atoms with Gasteiger partial charge in [0.1, 0.15) is 11.4 Å². The van der Waals surface area contributed by atoms with E-state index in [9.17, 15) is 19.5 Å². The topological polar surface area (TPSA) is 124 Å². The van der Waals surface area contributed by atoms with Crippen molar-refractivity contribution in [1.82, 2.24) is 5.32 Å². The smallest absolute Gasteiger partial charge is 0.316 e. The van der Waals surface area contributed by atoms with Gasteiger partial charge in [-0.05, 0) is 51.5 Å². The van der Waals surface area contributed by atoms with Crippen molar-refractivity contribution in [2.75, 3.05) is 18.4 Å². The number of carboxylic acid groups (broad SMARTS) is 1. The fourth-order valence-electron chi connectivity index (χ4n) is 3.47. The molecule has 1 aliphatic heterocycles. The molecule has 9 heteroatoms. The molecule has 2 rings (SSSR count). The number of primary amides is 1. The Morgan fingerprint density at radius 2 is 2.00 bits per heavy atom. The van der Waals surface area contributed by atoms with Gasteiger partial charge >= 0.3 is 6.03 Å². The second-order valence-electron chi connectivity index (χ2n) is 7.63. The number of rotatable bonds is 3. The minimum Gasteiger partial charge on any atom is -0.498 e. The van der Waals surface area contributed by atoms with Crippen LogP contribution in [0.25, 0.3) is 0 Å². The van der Waals surface area contributed by atoms with E-state index >= 15 is 0 Å². The summed E-state index contributed by atoms with van der Waals surface area (Å²) in [7, 11) is 0. The van der Waals surface area contributed by atoms with E-state index in [1.807, 2.05) is 20.8 Å². The van der Waals surface area contributed by atoms with Crippen LogP contribution in [0.1, 0.15) is 49.7 Å². The van der Waals surface area contributed by atoms with E-state index in [0.717, 1.165) is 12.8 Å². The third-order valence-corrected chi connectivity index (χ3v) is 5.89. The number of nitrogens with two attached hydrogens (primary N) is 1. The highest BCUT2D eigenvalue weighted by atomic mass is 32.1. The maximum Gasteiger partial charge on any atom is 0.316 e. The third-order valence-electron chi connectivity index (χ3n) is 4.97. The van der Waals surface area contributed by atoms with Gasteiger partial charge in [0.05, 0.1) is 23.8 Å². The predicted octanol–water partition coefficient (Wildman–Crippen LogP) is 1.48. The zero-order valence-corrected chi connectivity index (χ0v) is 16.1. The van der Waals surface area contributed by atoms with Crippen LogP contribution in [0.15, 0.2) is 11.4 Å². The summed E-state index contributed by atoms with van der Waals surface area (Å²) in [6.45, 7) is 6.37. The molecule has 1 fully saturated rings. The number of likely N-dealkylation sites (tertiary alicyclic amines) is 1. The van der Waals surface area contributed by atoms with Crippen LogP contribution in [0.4, 0.5) is 15.3 Å². The molecule has 0 aromatic carbocycles. The maximum atomic E-state index is 12.7. The van der Waals surface area contributed by atoms with Crippen LogP contribution in [0, 0.1) is 0 Å². The second-order valence-corrected chi connectivity index (χ2v) is 8.55. The first-order chi connectivity index (χ1) is 12.1. The molecule has 26 heavy (non-hydrogen) atoms. The summed E-state index contributed by atoms with van der Waals surface area (Å²) in [5.41, 5.74) is 4.93.